The molecular formula is C12H17N5S. The van der Waals surface area contributed by atoms with Gasteiger partial charge in [0.05, 0.1) is 5.69 Å². The Morgan fingerprint density at radius 3 is 2.61 bits per heavy atom. The van der Waals surface area contributed by atoms with Crippen molar-refractivity contribution in [2.24, 2.45) is 0 Å². The average molecular weight is 263 g/mol. The molecule has 5 nitrogen and oxygen atoms in total. The maximum Gasteiger partial charge on any atom is 0.191 e. The van der Waals surface area contributed by atoms with Crippen molar-refractivity contribution < 1.29 is 0 Å². The van der Waals surface area contributed by atoms with E-state index in [9.17, 15) is 0 Å². The monoisotopic (exact) mass is 263 g/mol. The third-order valence-electron chi connectivity index (χ3n) is 2.67. The second-order valence-electron chi connectivity index (χ2n) is 3.88. The van der Waals surface area contributed by atoms with E-state index in [0.717, 1.165) is 30.0 Å². The van der Waals surface area contributed by atoms with Crippen LogP contribution in [0, 0.1) is 0 Å². The van der Waals surface area contributed by atoms with Crippen LogP contribution in [0.1, 0.15) is 25.2 Å². The topological polar surface area (TPSA) is 69.6 Å². The second-order valence-corrected chi connectivity index (χ2v) is 4.66. The molecular weight excluding hydrogens is 246 g/mol. The molecule has 2 aromatic rings. The molecule has 0 atom stereocenters. The zero-order valence-electron chi connectivity index (χ0n) is 10.8. The Balaban J connectivity index is 2.53. The van der Waals surface area contributed by atoms with Crippen molar-refractivity contribution in [3.63, 3.8) is 0 Å². The van der Waals surface area contributed by atoms with Gasteiger partial charge in [-0.2, -0.15) is 5.10 Å². The number of rotatable bonds is 4. The summed E-state index contributed by atoms with van der Waals surface area (Å²) < 4.78 is 1.86. The molecule has 0 unspecified atom stereocenters. The van der Waals surface area contributed by atoms with Gasteiger partial charge in [0.2, 0.25) is 0 Å². The Kier molecular flexibility index (Phi) is 3.86. The lowest BCUT2D eigenvalue weighted by atomic mass is 10.2. The molecule has 0 spiro atoms. The van der Waals surface area contributed by atoms with Gasteiger partial charge in [-0.15, -0.1) is 0 Å². The lowest BCUT2D eigenvalue weighted by Gasteiger charge is -2.06. The molecule has 18 heavy (non-hydrogen) atoms. The largest absolute Gasteiger partial charge is 0.383 e. The van der Waals surface area contributed by atoms with E-state index in [-0.39, 0.29) is 0 Å². The summed E-state index contributed by atoms with van der Waals surface area (Å²) in [5, 5.41) is 5.22. The fraction of sp³-hybridized carbons (Fsp3) is 0.417. The van der Waals surface area contributed by atoms with Gasteiger partial charge in [0.1, 0.15) is 5.82 Å². The van der Waals surface area contributed by atoms with E-state index in [1.54, 1.807) is 6.07 Å². The first-order valence-corrected chi connectivity index (χ1v) is 7.17. The Morgan fingerprint density at radius 2 is 2.00 bits per heavy atom. The average Bonchev–Trinajstić information content (AvgIpc) is 2.81. The molecule has 0 saturated carbocycles. The molecule has 6 heteroatoms. The van der Waals surface area contributed by atoms with Crippen molar-refractivity contribution in [2.75, 3.05) is 12.0 Å². The number of anilines is 1. The number of aryl methyl sites for hydroxylation is 2. The first kappa shape index (κ1) is 12.9. The predicted octanol–water partition coefficient (Wildman–Crippen LogP) is 2.09. The minimum atomic E-state index is 0.472. The zero-order chi connectivity index (χ0) is 13.1. The smallest absolute Gasteiger partial charge is 0.191 e. The van der Waals surface area contributed by atoms with E-state index in [4.69, 9.17) is 5.73 Å². The van der Waals surface area contributed by atoms with Gasteiger partial charge in [0, 0.05) is 11.8 Å². The summed E-state index contributed by atoms with van der Waals surface area (Å²) >= 11 is 1.47. The maximum atomic E-state index is 5.80. The second kappa shape index (κ2) is 5.39. The van der Waals surface area contributed by atoms with Crippen molar-refractivity contribution in [3.8, 4) is 5.82 Å². The van der Waals surface area contributed by atoms with Crippen molar-refractivity contribution in [1.82, 2.24) is 19.7 Å². The van der Waals surface area contributed by atoms with Crippen LogP contribution in [0.25, 0.3) is 5.82 Å². The van der Waals surface area contributed by atoms with Gasteiger partial charge in [0.25, 0.3) is 0 Å². The number of nitrogens with zero attached hydrogens (tertiary/aromatic N) is 4. The Labute approximate surface area is 111 Å². The van der Waals surface area contributed by atoms with E-state index < -0.39 is 0 Å². The molecule has 0 saturated heterocycles. The molecule has 2 N–H and O–H groups in total. The highest BCUT2D eigenvalue weighted by Gasteiger charge is 2.10. The van der Waals surface area contributed by atoms with E-state index >= 15 is 0 Å². The van der Waals surface area contributed by atoms with Crippen LogP contribution in [0.5, 0.6) is 0 Å². The summed E-state index contributed by atoms with van der Waals surface area (Å²) in [5.74, 6) is 1.21. The van der Waals surface area contributed by atoms with Crippen LogP contribution in [0.4, 0.5) is 5.82 Å². The van der Waals surface area contributed by atoms with Crippen LogP contribution < -0.4 is 5.73 Å². The number of hydrogen-bond acceptors (Lipinski definition) is 5. The Hall–Kier alpha value is -1.56. The first-order valence-electron chi connectivity index (χ1n) is 5.94. The molecule has 2 heterocycles. The molecule has 0 aromatic carbocycles. The van der Waals surface area contributed by atoms with Crippen LogP contribution >= 0.6 is 11.8 Å². The fourth-order valence-corrected chi connectivity index (χ4v) is 2.11. The van der Waals surface area contributed by atoms with Crippen LogP contribution in [-0.4, -0.2) is 26.0 Å². The van der Waals surface area contributed by atoms with Crippen molar-refractivity contribution in [3.05, 3.63) is 23.5 Å². The Bertz CT molecular complexity index is 549. The van der Waals surface area contributed by atoms with Gasteiger partial charge < -0.3 is 5.73 Å². The van der Waals surface area contributed by atoms with Crippen LogP contribution in [0.15, 0.2) is 17.3 Å². The van der Waals surface area contributed by atoms with Gasteiger partial charge in [-0.3, -0.25) is 0 Å². The lowest BCUT2D eigenvalue weighted by molar-refractivity contribution is 0.753. The van der Waals surface area contributed by atoms with Gasteiger partial charge in [0.15, 0.2) is 11.0 Å². The molecule has 0 bridgehead atoms. The third-order valence-corrected chi connectivity index (χ3v) is 3.22. The van der Waals surface area contributed by atoms with E-state index in [0.29, 0.717) is 11.0 Å². The zero-order valence-corrected chi connectivity index (χ0v) is 11.7. The summed E-state index contributed by atoms with van der Waals surface area (Å²) in [7, 11) is 0. The van der Waals surface area contributed by atoms with E-state index in [1.165, 1.54) is 11.8 Å². The van der Waals surface area contributed by atoms with Crippen molar-refractivity contribution in [2.45, 2.75) is 31.8 Å². The predicted molar refractivity (Wildman–Crippen MR) is 74.1 cm³/mol. The SMILES string of the molecule is CCc1cc(CC)n(-c2cc(N)nc(SC)n2)n1. The minimum absolute atomic E-state index is 0.472. The summed E-state index contributed by atoms with van der Waals surface area (Å²) in [4.78, 5) is 8.60. The molecule has 0 fully saturated rings. The quantitative estimate of drug-likeness (QED) is 0.675. The highest BCUT2D eigenvalue weighted by atomic mass is 32.2. The molecule has 0 aliphatic heterocycles. The lowest BCUT2D eigenvalue weighted by Crippen LogP contribution is -2.07. The minimum Gasteiger partial charge on any atom is -0.383 e. The van der Waals surface area contributed by atoms with Crippen LogP contribution in [0.3, 0.4) is 0 Å². The number of nitrogen functional groups attached to an aromatic ring is 1. The van der Waals surface area contributed by atoms with Crippen LogP contribution in [-0.2, 0) is 12.8 Å². The van der Waals surface area contributed by atoms with Crippen LogP contribution in [0.2, 0.25) is 0 Å². The number of nitrogens with two attached hydrogens (primary N) is 1. The van der Waals surface area contributed by atoms with Gasteiger partial charge >= 0.3 is 0 Å². The normalized spacial score (nSPS) is 10.8. The highest BCUT2D eigenvalue weighted by molar-refractivity contribution is 7.98. The molecule has 96 valence electrons. The molecule has 0 amide bonds. The highest BCUT2D eigenvalue weighted by Crippen LogP contribution is 2.17. The van der Waals surface area contributed by atoms with Gasteiger partial charge in [-0.25, -0.2) is 14.6 Å². The number of hydrogen-bond donors (Lipinski definition) is 1. The number of thioether (sulfide) groups is 1. The third kappa shape index (κ3) is 2.48. The van der Waals surface area contributed by atoms with E-state index in [1.807, 2.05) is 10.9 Å². The standard InChI is InChI=1S/C12H17N5S/c1-4-8-6-9(5-2)17(16-8)11-7-10(13)14-12(15-11)18-3/h6-7H,4-5H2,1-3H3,(H2,13,14,15). The van der Waals surface area contributed by atoms with Crippen molar-refractivity contribution >= 4 is 17.6 Å². The molecule has 2 rings (SSSR count). The Morgan fingerprint density at radius 1 is 1.22 bits per heavy atom. The molecule has 0 radical (unpaired) electrons. The summed E-state index contributed by atoms with van der Waals surface area (Å²) in [5.41, 5.74) is 8.00. The van der Waals surface area contributed by atoms with Gasteiger partial charge in [-0.05, 0) is 25.2 Å². The molecule has 0 aliphatic carbocycles. The first-order chi connectivity index (χ1) is 8.67. The summed E-state index contributed by atoms with van der Waals surface area (Å²) in [6.45, 7) is 4.20. The summed E-state index contributed by atoms with van der Waals surface area (Å²) in [6.07, 6.45) is 3.75. The van der Waals surface area contributed by atoms with Crippen molar-refractivity contribution in [1.29, 1.82) is 0 Å². The molecule has 2 aromatic heterocycles. The van der Waals surface area contributed by atoms with E-state index in [2.05, 4.69) is 35.0 Å². The maximum absolute atomic E-state index is 5.80. The van der Waals surface area contributed by atoms with Gasteiger partial charge in [-0.1, -0.05) is 25.6 Å². The molecule has 0 aliphatic rings. The fourth-order valence-electron chi connectivity index (χ4n) is 1.73. The summed E-state index contributed by atoms with van der Waals surface area (Å²) in [6, 6.07) is 3.86. The number of aromatic nitrogens is 4.